The second-order valence-electron chi connectivity index (χ2n) is 3.39. The summed E-state index contributed by atoms with van der Waals surface area (Å²) in [4.78, 5) is 0. The topological polar surface area (TPSA) is 106 Å². The fourth-order valence-electron chi connectivity index (χ4n) is 1.09. The van der Waals surface area contributed by atoms with Crippen LogP contribution in [0.2, 0.25) is 0 Å². The predicted molar refractivity (Wildman–Crippen MR) is 63.1 cm³/mol. The number of benzene rings is 1. The molecular formula is C8H12N2O4S2. The van der Waals surface area contributed by atoms with Gasteiger partial charge < -0.3 is 5.73 Å². The molecule has 0 amide bonds. The molecule has 0 fully saturated rings. The van der Waals surface area contributed by atoms with Gasteiger partial charge in [-0.05, 0) is 18.2 Å². The van der Waals surface area contributed by atoms with Gasteiger partial charge in [0.1, 0.15) is 0 Å². The monoisotopic (exact) mass is 264 g/mol. The summed E-state index contributed by atoms with van der Waals surface area (Å²) >= 11 is 0. The van der Waals surface area contributed by atoms with Gasteiger partial charge in [0.2, 0.25) is 10.0 Å². The van der Waals surface area contributed by atoms with Crippen molar-refractivity contribution in [1.29, 1.82) is 0 Å². The van der Waals surface area contributed by atoms with Gasteiger partial charge in [0.15, 0.2) is 14.9 Å². The molecule has 16 heavy (non-hydrogen) atoms. The molecule has 0 heterocycles. The van der Waals surface area contributed by atoms with Crippen LogP contribution >= 0.6 is 0 Å². The summed E-state index contributed by atoms with van der Waals surface area (Å²) < 4.78 is 46.6. The Morgan fingerprint density at radius 2 is 1.88 bits per heavy atom. The smallest absolute Gasteiger partial charge is 0.247 e. The molecule has 0 bridgehead atoms. The normalized spacial score (nSPS) is 12.3. The zero-order valence-corrected chi connectivity index (χ0v) is 10.2. The van der Waals surface area contributed by atoms with Gasteiger partial charge in [0.25, 0.3) is 0 Å². The number of nitrogen functional groups attached to an aromatic ring is 1. The average molecular weight is 264 g/mol. The maximum Gasteiger partial charge on any atom is 0.247 e. The Hall–Kier alpha value is -1.28. The van der Waals surface area contributed by atoms with Gasteiger partial charge >= 0.3 is 0 Å². The summed E-state index contributed by atoms with van der Waals surface area (Å²) in [5.74, 6) is 0. The Bertz CT molecular complexity index is 578. The van der Waals surface area contributed by atoms with Crippen molar-refractivity contribution in [2.24, 2.45) is 0 Å². The molecule has 0 spiro atoms. The highest BCUT2D eigenvalue weighted by atomic mass is 32.3. The van der Waals surface area contributed by atoms with Crippen LogP contribution < -0.4 is 10.5 Å². The lowest BCUT2D eigenvalue weighted by atomic mass is 10.3. The second-order valence-corrected chi connectivity index (χ2v) is 7.61. The van der Waals surface area contributed by atoms with E-state index >= 15 is 0 Å². The molecule has 0 aliphatic heterocycles. The first-order valence-electron chi connectivity index (χ1n) is 4.22. The minimum Gasteiger partial charge on any atom is -0.399 e. The van der Waals surface area contributed by atoms with Crippen molar-refractivity contribution in [3.63, 3.8) is 0 Å². The van der Waals surface area contributed by atoms with E-state index in [1.165, 1.54) is 12.1 Å². The Morgan fingerprint density at radius 1 is 1.25 bits per heavy atom. The fraction of sp³-hybridized carbons (Fsp3) is 0.250. The second kappa shape index (κ2) is 4.30. The van der Waals surface area contributed by atoms with Crippen molar-refractivity contribution >= 4 is 31.2 Å². The van der Waals surface area contributed by atoms with E-state index in [2.05, 4.69) is 4.72 Å². The maximum absolute atomic E-state index is 11.4. The van der Waals surface area contributed by atoms with E-state index in [4.69, 9.17) is 5.73 Å². The van der Waals surface area contributed by atoms with Gasteiger partial charge in [-0.1, -0.05) is 6.07 Å². The average Bonchev–Trinajstić information content (AvgIpc) is 1.96. The van der Waals surface area contributed by atoms with Gasteiger partial charge in [-0.15, -0.1) is 0 Å². The Kier molecular flexibility index (Phi) is 3.44. The van der Waals surface area contributed by atoms with Crippen LogP contribution in [0.3, 0.4) is 0 Å². The molecule has 3 N–H and O–H groups in total. The molecule has 8 heteroatoms. The first kappa shape index (κ1) is 12.8. The largest absolute Gasteiger partial charge is 0.399 e. The van der Waals surface area contributed by atoms with E-state index in [9.17, 15) is 16.8 Å². The van der Waals surface area contributed by atoms with E-state index in [1.807, 2.05) is 0 Å². The minimum atomic E-state index is -3.90. The Balaban J connectivity index is 2.90. The highest BCUT2D eigenvalue weighted by Gasteiger charge is 2.17. The number of sulfone groups is 1. The summed E-state index contributed by atoms with van der Waals surface area (Å²) in [6.07, 6.45) is 0.853. The molecule has 0 radical (unpaired) electrons. The van der Waals surface area contributed by atoms with Gasteiger partial charge in [0, 0.05) is 11.9 Å². The molecule has 0 saturated heterocycles. The molecule has 1 aromatic rings. The van der Waals surface area contributed by atoms with E-state index in [0.29, 0.717) is 5.69 Å². The number of hydrogen-bond acceptors (Lipinski definition) is 5. The van der Waals surface area contributed by atoms with E-state index in [1.54, 1.807) is 12.1 Å². The minimum absolute atomic E-state index is 0.239. The summed E-state index contributed by atoms with van der Waals surface area (Å²) in [5.41, 5.74) is 6.08. The number of nitrogens with one attached hydrogen (secondary N) is 1. The summed E-state index contributed by atoms with van der Waals surface area (Å²) in [7, 11) is -7.50. The van der Waals surface area contributed by atoms with Crippen LogP contribution in [0.5, 0.6) is 0 Å². The third-order valence-corrected chi connectivity index (χ3v) is 5.03. The van der Waals surface area contributed by atoms with Crippen LogP contribution in [0.25, 0.3) is 0 Å². The number of anilines is 2. The van der Waals surface area contributed by atoms with Crippen molar-refractivity contribution < 1.29 is 16.8 Å². The van der Waals surface area contributed by atoms with E-state index in [0.717, 1.165) is 6.26 Å². The SMILES string of the molecule is CS(=O)(=O)CS(=O)(=O)Nc1cccc(N)c1. The lowest BCUT2D eigenvalue weighted by molar-refractivity contribution is 0.595. The zero-order chi connectivity index (χ0) is 12.4. The Labute approximate surface area is 94.4 Å². The third-order valence-electron chi connectivity index (χ3n) is 1.53. The van der Waals surface area contributed by atoms with Crippen LogP contribution in [0.4, 0.5) is 11.4 Å². The molecule has 0 aromatic heterocycles. The Morgan fingerprint density at radius 3 is 2.38 bits per heavy atom. The van der Waals surface area contributed by atoms with Crippen molar-refractivity contribution in [3.05, 3.63) is 24.3 Å². The lowest BCUT2D eigenvalue weighted by Crippen LogP contribution is -2.22. The molecule has 0 aliphatic carbocycles. The molecule has 6 nitrogen and oxygen atoms in total. The van der Waals surface area contributed by atoms with Crippen molar-refractivity contribution in [2.45, 2.75) is 0 Å². The number of sulfonamides is 1. The summed E-state index contributed by atoms with van der Waals surface area (Å²) in [6, 6.07) is 6.04. The molecule has 90 valence electrons. The van der Waals surface area contributed by atoms with Crippen molar-refractivity contribution in [2.75, 3.05) is 21.8 Å². The number of nitrogens with two attached hydrogens (primary N) is 1. The summed E-state index contributed by atoms with van der Waals surface area (Å²) in [6.45, 7) is 0. The quantitative estimate of drug-likeness (QED) is 0.745. The van der Waals surface area contributed by atoms with Gasteiger partial charge in [-0.3, -0.25) is 4.72 Å². The van der Waals surface area contributed by atoms with Crippen LogP contribution in [-0.4, -0.2) is 28.2 Å². The highest BCUT2D eigenvalue weighted by molar-refractivity contribution is 8.08. The fourth-order valence-corrected chi connectivity index (χ4v) is 4.07. The first-order valence-corrected chi connectivity index (χ1v) is 7.93. The number of hydrogen-bond donors (Lipinski definition) is 2. The highest BCUT2D eigenvalue weighted by Crippen LogP contribution is 2.13. The van der Waals surface area contributed by atoms with E-state index < -0.39 is 24.9 Å². The maximum atomic E-state index is 11.4. The van der Waals surface area contributed by atoms with E-state index in [-0.39, 0.29) is 5.69 Å². The molecular weight excluding hydrogens is 252 g/mol. The molecule has 0 aliphatic rings. The summed E-state index contributed by atoms with van der Waals surface area (Å²) in [5, 5.41) is -0.950. The molecule has 0 atom stereocenters. The zero-order valence-electron chi connectivity index (χ0n) is 8.54. The van der Waals surface area contributed by atoms with Crippen LogP contribution in [0.1, 0.15) is 0 Å². The molecule has 0 saturated carbocycles. The molecule has 1 rings (SSSR count). The number of rotatable bonds is 4. The van der Waals surface area contributed by atoms with Gasteiger partial charge in [-0.2, -0.15) is 0 Å². The van der Waals surface area contributed by atoms with Crippen LogP contribution in [-0.2, 0) is 19.9 Å². The lowest BCUT2D eigenvalue weighted by Gasteiger charge is -2.07. The predicted octanol–water partition coefficient (Wildman–Crippen LogP) is 0.0126. The first-order chi connectivity index (χ1) is 7.18. The third kappa shape index (κ3) is 4.49. The van der Waals surface area contributed by atoms with Crippen molar-refractivity contribution in [3.8, 4) is 0 Å². The van der Waals surface area contributed by atoms with Gasteiger partial charge in [-0.25, -0.2) is 16.8 Å². The molecule has 0 unspecified atom stereocenters. The van der Waals surface area contributed by atoms with Crippen LogP contribution in [0.15, 0.2) is 24.3 Å². The van der Waals surface area contributed by atoms with Crippen LogP contribution in [0, 0.1) is 0 Å². The molecule has 1 aromatic carbocycles. The van der Waals surface area contributed by atoms with Gasteiger partial charge in [0.05, 0.1) is 5.69 Å². The van der Waals surface area contributed by atoms with Crippen molar-refractivity contribution in [1.82, 2.24) is 0 Å². The standard InChI is InChI=1S/C8H12N2O4S2/c1-15(11,12)6-16(13,14)10-8-4-2-3-7(9)5-8/h2-5,10H,6,9H2,1H3.